The summed E-state index contributed by atoms with van der Waals surface area (Å²) < 4.78 is 4.40. The Morgan fingerprint density at radius 1 is 1.59 bits per heavy atom. The van der Waals surface area contributed by atoms with Crippen molar-refractivity contribution in [1.29, 1.82) is 0 Å². The highest BCUT2D eigenvalue weighted by molar-refractivity contribution is 6.29. The molecule has 0 radical (unpaired) electrons. The number of methoxy groups -OCH3 is 1. The molecular weight excluding hydrogens is 248 g/mol. The van der Waals surface area contributed by atoms with Gasteiger partial charge in [-0.25, -0.2) is 9.78 Å². The Morgan fingerprint density at radius 2 is 2.29 bits per heavy atom. The molecule has 6 nitrogen and oxygen atoms in total. The molecular formula is C10H11ClN2O4. The zero-order valence-electron chi connectivity index (χ0n) is 9.01. The molecule has 1 atom stereocenters. The van der Waals surface area contributed by atoms with Crippen molar-refractivity contribution >= 4 is 23.5 Å². The maximum Gasteiger partial charge on any atom is 0.330 e. The summed E-state index contributed by atoms with van der Waals surface area (Å²) in [5.74, 6) is -1.35. The number of rotatable bonds is 4. The molecule has 1 rings (SSSR count). The second kappa shape index (κ2) is 6.17. The Hall–Kier alpha value is -1.66. The van der Waals surface area contributed by atoms with Gasteiger partial charge in [-0.3, -0.25) is 4.79 Å². The van der Waals surface area contributed by atoms with Crippen LogP contribution in [-0.4, -0.2) is 41.7 Å². The molecule has 1 aromatic heterocycles. The molecule has 1 unspecified atom stereocenters. The lowest BCUT2D eigenvalue weighted by Gasteiger charge is -2.13. The van der Waals surface area contributed by atoms with E-state index in [2.05, 4.69) is 15.0 Å². The van der Waals surface area contributed by atoms with Gasteiger partial charge < -0.3 is 15.2 Å². The fourth-order valence-electron chi connectivity index (χ4n) is 1.09. The van der Waals surface area contributed by atoms with Crippen molar-refractivity contribution in [1.82, 2.24) is 10.3 Å². The van der Waals surface area contributed by atoms with Gasteiger partial charge in [0.25, 0.3) is 5.91 Å². The van der Waals surface area contributed by atoms with Crippen LogP contribution in [0.25, 0.3) is 0 Å². The Labute approximate surface area is 103 Å². The SMILES string of the molecule is COC(=O)C(CO)NC(=O)c1cccc(Cl)n1. The van der Waals surface area contributed by atoms with E-state index in [-0.39, 0.29) is 10.8 Å². The van der Waals surface area contributed by atoms with Gasteiger partial charge in [-0.05, 0) is 12.1 Å². The monoisotopic (exact) mass is 258 g/mol. The fourth-order valence-corrected chi connectivity index (χ4v) is 1.25. The second-order valence-corrected chi connectivity index (χ2v) is 3.46. The Morgan fingerprint density at radius 3 is 2.82 bits per heavy atom. The largest absolute Gasteiger partial charge is 0.467 e. The molecule has 0 saturated heterocycles. The molecule has 17 heavy (non-hydrogen) atoms. The third-order valence-corrected chi connectivity index (χ3v) is 2.13. The number of aliphatic hydroxyl groups is 1. The second-order valence-electron chi connectivity index (χ2n) is 3.08. The summed E-state index contributed by atoms with van der Waals surface area (Å²) in [7, 11) is 1.16. The van der Waals surface area contributed by atoms with Gasteiger partial charge in [0.15, 0.2) is 6.04 Å². The molecule has 1 amide bonds. The van der Waals surface area contributed by atoms with Gasteiger partial charge in [-0.1, -0.05) is 17.7 Å². The molecule has 0 aromatic carbocycles. The summed E-state index contributed by atoms with van der Waals surface area (Å²) in [6, 6.07) is 3.39. The van der Waals surface area contributed by atoms with Crippen molar-refractivity contribution in [3.63, 3.8) is 0 Å². The third-order valence-electron chi connectivity index (χ3n) is 1.92. The van der Waals surface area contributed by atoms with Gasteiger partial charge in [0.1, 0.15) is 10.8 Å². The van der Waals surface area contributed by atoms with Gasteiger partial charge in [0, 0.05) is 0 Å². The molecule has 0 saturated carbocycles. The maximum absolute atomic E-state index is 11.6. The number of hydrogen-bond acceptors (Lipinski definition) is 5. The topological polar surface area (TPSA) is 88.5 Å². The number of aromatic nitrogens is 1. The van der Waals surface area contributed by atoms with Crippen LogP contribution in [0.3, 0.4) is 0 Å². The lowest BCUT2D eigenvalue weighted by atomic mass is 10.3. The Balaban J connectivity index is 2.74. The number of nitrogens with zero attached hydrogens (tertiary/aromatic N) is 1. The van der Waals surface area contributed by atoms with Crippen LogP contribution in [0.4, 0.5) is 0 Å². The first-order chi connectivity index (χ1) is 8.08. The highest BCUT2D eigenvalue weighted by atomic mass is 35.5. The van der Waals surface area contributed by atoms with Crippen LogP contribution in [0.1, 0.15) is 10.5 Å². The number of carbonyl (C=O) groups is 2. The van der Waals surface area contributed by atoms with E-state index < -0.39 is 24.5 Å². The normalized spacial score (nSPS) is 11.7. The molecule has 0 spiro atoms. The van der Waals surface area contributed by atoms with Crippen molar-refractivity contribution in [3.8, 4) is 0 Å². The van der Waals surface area contributed by atoms with E-state index in [1.54, 1.807) is 6.07 Å². The van der Waals surface area contributed by atoms with Gasteiger partial charge in [-0.2, -0.15) is 0 Å². The zero-order valence-corrected chi connectivity index (χ0v) is 9.77. The minimum absolute atomic E-state index is 0.0554. The minimum atomic E-state index is -1.12. The number of carbonyl (C=O) groups excluding carboxylic acids is 2. The Kier molecular flexibility index (Phi) is 4.86. The minimum Gasteiger partial charge on any atom is -0.467 e. The van der Waals surface area contributed by atoms with Crippen LogP contribution in [0.15, 0.2) is 18.2 Å². The van der Waals surface area contributed by atoms with Gasteiger partial charge in [0.2, 0.25) is 0 Å². The summed E-state index contributed by atoms with van der Waals surface area (Å²) in [5.41, 5.74) is 0.0554. The van der Waals surface area contributed by atoms with Crippen molar-refractivity contribution in [2.75, 3.05) is 13.7 Å². The first-order valence-electron chi connectivity index (χ1n) is 4.70. The molecule has 2 N–H and O–H groups in total. The number of aliphatic hydroxyl groups excluding tert-OH is 1. The van der Waals surface area contributed by atoms with E-state index in [4.69, 9.17) is 16.7 Å². The highest BCUT2D eigenvalue weighted by Crippen LogP contribution is 2.05. The van der Waals surface area contributed by atoms with E-state index in [1.807, 2.05) is 0 Å². The van der Waals surface area contributed by atoms with Crippen LogP contribution in [0.5, 0.6) is 0 Å². The van der Waals surface area contributed by atoms with Crippen molar-refractivity contribution in [2.24, 2.45) is 0 Å². The highest BCUT2D eigenvalue weighted by Gasteiger charge is 2.21. The molecule has 1 heterocycles. The van der Waals surface area contributed by atoms with E-state index in [0.29, 0.717) is 0 Å². The predicted octanol–water partition coefficient (Wildman–Crippen LogP) is -0.00130. The van der Waals surface area contributed by atoms with E-state index in [0.717, 1.165) is 7.11 Å². The third kappa shape index (κ3) is 3.69. The van der Waals surface area contributed by atoms with Gasteiger partial charge in [0.05, 0.1) is 13.7 Å². The average Bonchev–Trinajstić information content (AvgIpc) is 2.34. The number of amides is 1. The van der Waals surface area contributed by atoms with E-state index in [1.165, 1.54) is 12.1 Å². The summed E-state index contributed by atoms with van der Waals surface area (Å²) in [6.45, 7) is -0.557. The van der Waals surface area contributed by atoms with Gasteiger partial charge in [-0.15, -0.1) is 0 Å². The fraction of sp³-hybridized carbons (Fsp3) is 0.300. The maximum atomic E-state index is 11.6. The standard InChI is InChI=1S/C10H11ClN2O4/c1-17-10(16)7(5-14)13-9(15)6-3-2-4-8(11)12-6/h2-4,7,14H,5H2,1H3,(H,13,15). The lowest BCUT2D eigenvalue weighted by Crippen LogP contribution is -2.44. The van der Waals surface area contributed by atoms with Crippen molar-refractivity contribution in [3.05, 3.63) is 29.0 Å². The smallest absolute Gasteiger partial charge is 0.330 e. The van der Waals surface area contributed by atoms with E-state index in [9.17, 15) is 9.59 Å². The zero-order chi connectivity index (χ0) is 12.8. The molecule has 0 aliphatic carbocycles. The van der Waals surface area contributed by atoms with E-state index >= 15 is 0 Å². The van der Waals surface area contributed by atoms with Crippen molar-refractivity contribution in [2.45, 2.75) is 6.04 Å². The number of ether oxygens (including phenoxy) is 1. The molecule has 0 bridgehead atoms. The predicted molar refractivity (Wildman–Crippen MR) is 59.6 cm³/mol. The molecule has 0 aliphatic heterocycles. The number of halogens is 1. The first kappa shape index (κ1) is 13.4. The van der Waals surface area contributed by atoms with Crippen LogP contribution in [0, 0.1) is 0 Å². The molecule has 92 valence electrons. The number of hydrogen-bond donors (Lipinski definition) is 2. The molecule has 0 aliphatic rings. The summed E-state index contributed by atoms with van der Waals surface area (Å²) in [5, 5.41) is 11.4. The van der Waals surface area contributed by atoms with Gasteiger partial charge >= 0.3 is 5.97 Å². The summed E-state index contributed by atoms with van der Waals surface area (Å²) in [6.07, 6.45) is 0. The quantitative estimate of drug-likeness (QED) is 0.586. The molecule has 1 aromatic rings. The van der Waals surface area contributed by atoms with Crippen LogP contribution in [0.2, 0.25) is 5.15 Å². The Bertz CT molecular complexity index is 425. The average molecular weight is 259 g/mol. The molecule has 0 fully saturated rings. The van der Waals surface area contributed by atoms with Crippen LogP contribution >= 0.6 is 11.6 Å². The number of pyridine rings is 1. The molecule has 7 heteroatoms. The lowest BCUT2D eigenvalue weighted by molar-refractivity contribution is -0.143. The van der Waals surface area contributed by atoms with Crippen molar-refractivity contribution < 1.29 is 19.4 Å². The summed E-state index contributed by atoms with van der Waals surface area (Å²) >= 11 is 5.62. The summed E-state index contributed by atoms with van der Waals surface area (Å²) in [4.78, 5) is 26.5. The first-order valence-corrected chi connectivity index (χ1v) is 5.08. The van der Waals surface area contributed by atoms with Crippen LogP contribution < -0.4 is 5.32 Å². The number of esters is 1. The number of nitrogens with one attached hydrogen (secondary N) is 1. The van der Waals surface area contributed by atoms with Crippen LogP contribution in [-0.2, 0) is 9.53 Å².